The highest BCUT2D eigenvalue weighted by Gasteiger charge is 2.04. The maximum absolute atomic E-state index is 11.4. The molecule has 0 N–H and O–H groups in total. The van der Waals surface area contributed by atoms with Crippen LogP contribution < -0.4 is 0 Å². The van der Waals surface area contributed by atoms with Crippen LogP contribution in [0.2, 0.25) is 0 Å². The zero-order valence-electron chi connectivity index (χ0n) is 21.9. The van der Waals surface area contributed by atoms with E-state index in [9.17, 15) is 4.79 Å². The first-order valence-corrected chi connectivity index (χ1v) is 14.1. The molecule has 0 aromatic heterocycles. The molecular formula is C28H58N2O. The average Bonchev–Trinajstić information content (AvgIpc) is 2.78. The Hall–Kier alpha value is -0.570. The lowest BCUT2D eigenvalue weighted by atomic mass is 10.1. The molecule has 0 bridgehead atoms. The fourth-order valence-corrected chi connectivity index (χ4v) is 4.30. The van der Waals surface area contributed by atoms with Gasteiger partial charge in [-0.15, -0.1) is 0 Å². The molecule has 0 spiro atoms. The van der Waals surface area contributed by atoms with Gasteiger partial charge in [0.1, 0.15) is 0 Å². The van der Waals surface area contributed by atoms with Crippen molar-refractivity contribution in [3.8, 4) is 0 Å². The molecule has 0 aliphatic carbocycles. The largest absolute Gasteiger partial charge is 0.344 e. The Bertz CT molecular complexity index is 348. The summed E-state index contributed by atoms with van der Waals surface area (Å²) in [5.41, 5.74) is 0. The van der Waals surface area contributed by atoms with Crippen molar-refractivity contribution in [1.29, 1.82) is 0 Å². The van der Waals surface area contributed by atoms with Gasteiger partial charge in [0.2, 0.25) is 6.41 Å². The average molecular weight is 439 g/mol. The Morgan fingerprint density at radius 1 is 0.452 bits per heavy atom. The van der Waals surface area contributed by atoms with E-state index in [-0.39, 0.29) is 0 Å². The number of nitrogens with zero attached hydrogens (tertiary/aromatic N) is 2. The number of unbranched alkanes of at least 4 members (excludes halogenated alkanes) is 18. The molecule has 0 heterocycles. The number of carbonyl (C=O) groups excluding carboxylic acids is 1. The lowest BCUT2D eigenvalue weighted by Crippen LogP contribution is -2.33. The van der Waals surface area contributed by atoms with Crippen molar-refractivity contribution in [2.24, 2.45) is 0 Å². The Labute approximate surface area is 196 Å². The maximum atomic E-state index is 11.4. The number of hydrogen-bond acceptors (Lipinski definition) is 2. The van der Waals surface area contributed by atoms with Crippen LogP contribution in [0.25, 0.3) is 0 Å². The molecule has 31 heavy (non-hydrogen) atoms. The molecule has 0 aliphatic heterocycles. The number of hydrogen-bond donors (Lipinski definition) is 0. The summed E-state index contributed by atoms with van der Waals surface area (Å²) in [6, 6.07) is 0. The molecule has 0 radical (unpaired) electrons. The zero-order valence-corrected chi connectivity index (χ0v) is 21.9. The molecule has 0 atom stereocenters. The summed E-state index contributed by atoms with van der Waals surface area (Å²) in [6.07, 6.45) is 28.5. The van der Waals surface area contributed by atoms with Crippen molar-refractivity contribution >= 4 is 6.41 Å². The van der Waals surface area contributed by atoms with Gasteiger partial charge in [-0.3, -0.25) is 4.79 Å². The minimum atomic E-state index is 0.884. The monoisotopic (exact) mass is 438 g/mol. The second kappa shape index (κ2) is 25.7. The first kappa shape index (κ1) is 30.4. The van der Waals surface area contributed by atoms with Crippen molar-refractivity contribution < 1.29 is 4.79 Å². The number of amides is 1. The topological polar surface area (TPSA) is 23.6 Å². The van der Waals surface area contributed by atoms with E-state index >= 15 is 0 Å². The molecule has 0 aromatic rings. The zero-order chi connectivity index (χ0) is 22.8. The molecule has 1 amide bonds. The van der Waals surface area contributed by atoms with Crippen LogP contribution in [0, 0.1) is 0 Å². The Morgan fingerprint density at radius 3 is 1.19 bits per heavy atom. The lowest BCUT2D eigenvalue weighted by Gasteiger charge is -2.22. The summed E-state index contributed by atoms with van der Waals surface area (Å²) in [7, 11) is 2.21. The fraction of sp³-hybridized carbons (Fsp3) is 0.964. The van der Waals surface area contributed by atoms with Crippen molar-refractivity contribution in [2.45, 2.75) is 142 Å². The Morgan fingerprint density at radius 2 is 0.806 bits per heavy atom. The fourth-order valence-electron chi connectivity index (χ4n) is 4.30. The second-order valence-corrected chi connectivity index (χ2v) is 9.81. The van der Waals surface area contributed by atoms with Gasteiger partial charge in [0.25, 0.3) is 0 Å². The normalized spacial score (nSPS) is 11.4. The van der Waals surface area contributed by atoms with Gasteiger partial charge in [-0.2, -0.15) is 0 Å². The molecule has 0 aliphatic rings. The van der Waals surface area contributed by atoms with Gasteiger partial charge in [-0.25, -0.2) is 0 Å². The smallest absolute Gasteiger partial charge is 0.209 e. The quantitative estimate of drug-likeness (QED) is 0.100. The molecule has 3 nitrogen and oxygen atoms in total. The van der Waals surface area contributed by atoms with Gasteiger partial charge in [0, 0.05) is 19.6 Å². The molecule has 3 heteroatoms. The molecule has 0 rings (SSSR count). The van der Waals surface area contributed by atoms with Gasteiger partial charge >= 0.3 is 0 Å². The van der Waals surface area contributed by atoms with Crippen LogP contribution in [0.3, 0.4) is 0 Å². The highest BCUT2D eigenvalue weighted by atomic mass is 16.1. The third-order valence-corrected chi connectivity index (χ3v) is 6.61. The summed E-state index contributed by atoms with van der Waals surface area (Å²) in [5.74, 6) is 0. The SMILES string of the molecule is CCCCCCCCCCCCN(C)CCN(C=O)CCCCCCCCCCCC. The van der Waals surface area contributed by atoms with Crippen LogP contribution in [0.1, 0.15) is 142 Å². The third-order valence-electron chi connectivity index (χ3n) is 6.61. The van der Waals surface area contributed by atoms with Crippen LogP contribution in [0.15, 0.2) is 0 Å². The van der Waals surface area contributed by atoms with Gasteiger partial charge in [0.15, 0.2) is 0 Å². The van der Waals surface area contributed by atoms with E-state index in [1.807, 2.05) is 4.90 Å². The van der Waals surface area contributed by atoms with E-state index in [0.29, 0.717) is 0 Å². The van der Waals surface area contributed by atoms with E-state index < -0.39 is 0 Å². The number of rotatable bonds is 26. The Kier molecular flexibility index (Phi) is 25.2. The van der Waals surface area contributed by atoms with E-state index in [2.05, 4.69) is 25.8 Å². The van der Waals surface area contributed by atoms with Crippen LogP contribution in [-0.2, 0) is 4.79 Å². The molecule has 0 unspecified atom stereocenters. The molecule has 0 saturated heterocycles. The van der Waals surface area contributed by atoms with Gasteiger partial charge in [-0.05, 0) is 26.4 Å². The van der Waals surface area contributed by atoms with E-state index in [4.69, 9.17) is 0 Å². The number of likely N-dealkylation sites (N-methyl/N-ethyl adjacent to an activating group) is 1. The summed E-state index contributed by atoms with van der Waals surface area (Å²) >= 11 is 0. The van der Waals surface area contributed by atoms with Crippen molar-refractivity contribution in [3.63, 3.8) is 0 Å². The van der Waals surface area contributed by atoms with Crippen LogP contribution in [-0.4, -0.2) is 49.4 Å². The van der Waals surface area contributed by atoms with Crippen molar-refractivity contribution in [1.82, 2.24) is 9.80 Å². The highest BCUT2D eigenvalue weighted by Crippen LogP contribution is 2.12. The van der Waals surface area contributed by atoms with Crippen LogP contribution in [0.4, 0.5) is 0 Å². The minimum Gasteiger partial charge on any atom is -0.344 e. The summed E-state index contributed by atoms with van der Waals surface area (Å²) in [5, 5.41) is 0. The number of carbonyl (C=O) groups is 1. The van der Waals surface area contributed by atoms with Gasteiger partial charge in [0.05, 0.1) is 0 Å². The molecule has 0 saturated carbocycles. The van der Waals surface area contributed by atoms with E-state index in [1.54, 1.807) is 0 Å². The second-order valence-electron chi connectivity index (χ2n) is 9.81. The van der Waals surface area contributed by atoms with Crippen molar-refractivity contribution in [3.05, 3.63) is 0 Å². The summed E-state index contributed by atoms with van der Waals surface area (Å²) in [4.78, 5) is 15.7. The summed E-state index contributed by atoms with van der Waals surface area (Å²) < 4.78 is 0. The predicted octanol–water partition coefficient (Wildman–Crippen LogP) is 8.22. The Balaban J connectivity index is 3.44. The minimum absolute atomic E-state index is 0.884. The molecule has 186 valence electrons. The molecule has 0 aromatic carbocycles. The predicted molar refractivity (Wildman–Crippen MR) is 139 cm³/mol. The van der Waals surface area contributed by atoms with Gasteiger partial charge in [-0.1, -0.05) is 129 Å². The third kappa shape index (κ3) is 23.9. The van der Waals surface area contributed by atoms with Gasteiger partial charge < -0.3 is 9.80 Å². The van der Waals surface area contributed by atoms with Crippen molar-refractivity contribution in [2.75, 3.05) is 33.2 Å². The maximum Gasteiger partial charge on any atom is 0.209 e. The van der Waals surface area contributed by atoms with Crippen LogP contribution in [0.5, 0.6) is 0 Å². The first-order valence-electron chi connectivity index (χ1n) is 14.1. The summed E-state index contributed by atoms with van der Waals surface area (Å²) in [6.45, 7) is 8.56. The van der Waals surface area contributed by atoms with E-state index in [0.717, 1.165) is 32.5 Å². The van der Waals surface area contributed by atoms with Crippen LogP contribution >= 0.6 is 0 Å². The highest BCUT2D eigenvalue weighted by molar-refractivity contribution is 5.46. The molecule has 0 fully saturated rings. The standard InChI is InChI=1S/C28H58N2O/c1-4-6-8-10-12-14-16-18-20-22-24-29(3)26-27-30(28-31)25-23-21-19-17-15-13-11-9-7-5-2/h28H,4-27H2,1-3H3. The molecular weight excluding hydrogens is 380 g/mol. The van der Waals surface area contributed by atoms with E-state index in [1.165, 1.54) is 129 Å². The lowest BCUT2D eigenvalue weighted by molar-refractivity contribution is -0.118. The first-order chi connectivity index (χ1) is 15.2.